The number of fused-ring (bicyclic) bond motifs is 1. The van der Waals surface area contributed by atoms with Gasteiger partial charge >= 0.3 is 5.97 Å². The number of aliphatic carboxylic acids is 1. The van der Waals surface area contributed by atoms with Crippen LogP contribution in [0.1, 0.15) is 31.4 Å². The average Bonchev–Trinajstić information content (AvgIpc) is 3.30. The summed E-state index contributed by atoms with van der Waals surface area (Å²) in [7, 11) is 3.42. The molecule has 0 aromatic heterocycles. The van der Waals surface area contributed by atoms with E-state index in [1.807, 2.05) is 19.1 Å². The molecule has 1 aromatic carbocycles. The number of aliphatic hydroxyl groups is 1. The van der Waals surface area contributed by atoms with Crippen LogP contribution in [0.2, 0.25) is 0 Å². The number of carbonyl (C=O) groups excluding carboxylic acids is 2. The minimum absolute atomic E-state index is 0.00170. The van der Waals surface area contributed by atoms with Crippen molar-refractivity contribution in [2.45, 2.75) is 50.3 Å². The van der Waals surface area contributed by atoms with Crippen molar-refractivity contribution in [3.05, 3.63) is 46.0 Å². The molecular formula is C25H30N4O5S. The smallest absolute Gasteiger partial charge is 0.353 e. The third-order valence-electron chi connectivity index (χ3n) is 7.21. The van der Waals surface area contributed by atoms with Crippen molar-refractivity contribution in [2.75, 3.05) is 20.6 Å². The fourth-order valence-corrected chi connectivity index (χ4v) is 7.08. The summed E-state index contributed by atoms with van der Waals surface area (Å²) >= 11 is 1.43. The fraction of sp³-hybridized carbons (Fsp3) is 0.520. The Morgan fingerprint density at radius 1 is 1.31 bits per heavy atom. The van der Waals surface area contributed by atoms with Gasteiger partial charge in [-0.3, -0.25) is 14.5 Å². The molecule has 0 unspecified atom stereocenters. The van der Waals surface area contributed by atoms with E-state index in [2.05, 4.69) is 11.0 Å². The number of amides is 2. The highest BCUT2D eigenvalue weighted by molar-refractivity contribution is 8.03. The van der Waals surface area contributed by atoms with Crippen LogP contribution in [0.3, 0.4) is 0 Å². The maximum absolute atomic E-state index is 13.0. The summed E-state index contributed by atoms with van der Waals surface area (Å²) in [4.78, 5) is 43.4. The molecule has 3 aliphatic heterocycles. The lowest BCUT2D eigenvalue weighted by Gasteiger charge is -2.46. The number of carbonyl (C=O) groups is 3. The van der Waals surface area contributed by atoms with Crippen LogP contribution in [0.5, 0.6) is 0 Å². The second-order valence-electron chi connectivity index (χ2n) is 9.69. The van der Waals surface area contributed by atoms with Gasteiger partial charge < -0.3 is 20.0 Å². The molecule has 10 heteroatoms. The molecule has 3 aliphatic rings. The van der Waals surface area contributed by atoms with E-state index in [1.54, 1.807) is 38.1 Å². The van der Waals surface area contributed by atoms with Crippen LogP contribution < -0.4 is 0 Å². The minimum atomic E-state index is -1.15. The standard InChI is InChI=1S/C25H30N4O5S/c1-13-20-19(14(2)30)24(32)29(20)21(25(33)34)22(13)35-17-9-18(23(31)27(3)4)28(12-17)11-16-8-6-5-7-15(16)10-26/h5-8,13-14,17-20,30H,9,11-12H2,1-4H3,(H,33,34)/t13-,14-,17+,18+,19-,20-/m1/s1. The van der Waals surface area contributed by atoms with E-state index in [0.717, 1.165) is 5.56 Å². The average molecular weight is 499 g/mol. The van der Waals surface area contributed by atoms with Crippen LogP contribution in [-0.2, 0) is 20.9 Å². The van der Waals surface area contributed by atoms with Gasteiger partial charge in [-0.15, -0.1) is 11.8 Å². The van der Waals surface area contributed by atoms with Crippen LogP contribution in [0, 0.1) is 23.2 Å². The van der Waals surface area contributed by atoms with Crippen molar-refractivity contribution in [3.8, 4) is 6.07 Å². The van der Waals surface area contributed by atoms with Gasteiger partial charge in [0.05, 0.1) is 35.7 Å². The molecule has 3 heterocycles. The predicted molar refractivity (Wildman–Crippen MR) is 130 cm³/mol. The molecule has 0 bridgehead atoms. The second kappa shape index (κ2) is 9.64. The molecular weight excluding hydrogens is 468 g/mol. The molecule has 186 valence electrons. The van der Waals surface area contributed by atoms with Gasteiger partial charge in [0.2, 0.25) is 11.8 Å². The van der Waals surface area contributed by atoms with Crippen LogP contribution in [-0.4, -0.2) is 86.8 Å². The highest BCUT2D eigenvalue weighted by Crippen LogP contribution is 2.52. The van der Waals surface area contributed by atoms with Crippen LogP contribution in [0.4, 0.5) is 0 Å². The van der Waals surface area contributed by atoms with E-state index in [1.165, 1.54) is 16.7 Å². The molecule has 35 heavy (non-hydrogen) atoms. The number of hydrogen-bond donors (Lipinski definition) is 2. The van der Waals surface area contributed by atoms with E-state index >= 15 is 0 Å². The first kappa shape index (κ1) is 25.2. The molecule has 6 atom stereocenters. The Morgan fingerprint density at radius 3 is 2.60 bits per heavy atom. The van der Waals surface area contributed by atoms with E-state index in [9.17, 15) is 29.9 Å². The van der Waals surface area contributed by atoms with Crippen LogP contribution in [0.15, 0.2) is 34.9 Å². The molecule has 2 saturated heterocycles. The Labute approximate surface area is 209 Å². The molecule has 9 nitrogen and oxygen atoms in total. The monoisotopic (exact) mass is 498 g/mol. The molecule has 0 spiro atoms. The number of aliphatic hydroxyl groups excluding tert-OH is 1. The largest absolute Gasteiger partial charge is 0.477 e. The van der Waals surface area contributed by atoms with Crippen molar-refractivity contribution >= 4 is 29.5 Å². The Hall–Kier alpha value is -2.87. The summed E-state index contributed by atoms with van der Waals surface area (Å²) in [6, 6.07) is 8.75. The molecule has 4 rings (SSSR count). The van der Waals surface area contributed by atoms with Crippen molar-refractivity contribution in [1.82, 2.24) is 14.7 Å². The maximum atomic E-state index is 13.0. The summed E-state index contributed by atoms with van der Waals surface area (Å²) in [6.45, 7) is 4.43. The van der Waals surface area contributed by atoms with E-state index in [-0.39, 0.29) is 34.7 Å². The SMILES string of the molecule is C[C@@H](O)[C@H]1C(=O)N2C(C(=O)O)=C(S[C@H]3C[C@@H](C(=O)N(C)C)N(Cc4ccccc4C#N)C3)[C@H](C)[C@H]12. The van der Waals surface area contributed by atoms with Gasteiger partial charge in [-0.2, -0.15) is 5.26 Å². The highest BCUT2D eigenvalue weighted by atomic mass is 32.2. The zero-order valence-electron chi connectivity index (χ0n) is 20.2. The topological polar surface area (TPSA) is 125 Å². The summed E-state index contributed by atoms with van der Waals surface area (Å²) in [6.07, 6.45) is -0.326. The molecule has 0 saturated carbocycles. The van der Waals surface area contributed by atoms with E-state index in [0.29, 0.717) is 30.0 Å². The Balaban J connectivity index is 1.60. The van der Waals surface area contributed by atoms with Crippen molar-refractivity contribution in [1.29, 1.82) is 5.26 Å². The summed E-state index contributed by atoms with van der Waals surface area (Å²) in [5, 5.41) is 29.4. The molecule has 1 aromatic rings. The number of carboxylic acids is 1. The van der Waals surface area contributed by atoms with Crippen molar-refractivity contribution < 1.29 is 24.6 Å². The molecule has 2 amide bonds. The Morgan fingerprint density at radius 2 is 2.00 bits per heavy atom. The maximum Gasteiger partial charge on any atom is 0.353 e. The number of likely N-dealkylation sites (N-methyl/N-ethyl adjacent to an activating group) is 1. The fourth-order valence-electron chi connectivity index (χ4n) is 5.52. The number of nitrogens with zero attached hydrogens (tertiary/aromatic N) is 4. The first-order valence-corrected chi connectivity index (χ1v) is 12.5. The van der Waals surface area contributed by atoms with Crippen molar-refractivity contribution in [3.63, 3.8) is 0 Å². The minimum Gasteiger partial charge on any atom is -0.477 e. The quantitative estimate of drug-likeness (QED) is 0.542. The van der Waals surface area contributed by atoms with Crippen LogP contribution in [0.25, 0.3) is 0 Å². The molecule has 0 radical (unpaired) electrons. The molecule has 0 aliphatic carbocycles. The normalized spacial score (nSPS) is 29.0. The van der Waals surface area contributed by atoms with Gasteiger partial charge in [0, 0.05) is 43.3 Å². The number of benzene rings is 1. The molecule has 2 N–H and O–H groups in total. The van der Waals surface area contributed by atoms with E-state index < -0.39 is 24.0 Å². The number of nitriles is 1. The van der Waals surface area contributed by atoms with Gasteiger partial charge in [0.25, 0.3) is 0 Å². The van der Waals surface area contributed by atoms with Gasteiger partial charge in [0.1, 0.15) is 5.70 Å². The van der Waals surface area contributed by atoms with Gasteiger partial charge in [-0.05, 0) is 25.0 Å². The third-order valence-corrected chi connectivity index (χ3v) is 8.70. The van der Waals surface area contributed by atoms with Crippen LogP contribution >= 0.6 is 11.8 Å². The zero-order chi connectivity index (χ0) is 25.6. The lowest BCUT2D eigenvalue weighted by molar-refractivity contribution is -0.163. The highest BCUT2D eigenvalue weighted by Gasteiger charge is 2.60. The zero-order valence-corrected chi connectivity index (χ0v) is 21.0. The summed E-state index contributed by atoms with van der Waals surface area (Å²) in [5.41, 5.74) is 1.40. The first-order valence-electron chi connectivity index (χ1n) is 11.6. The number of thioether (sulfide) groups is 1. The number of β-lactam (4-membered cyclic amide) rings is 1. The summed E-state index contributed by atoms with van der Waals surface area (Å²) in [5.74, 6) is -2.38. The molecule has 2 fully saturated rings. The van der Waals surface area contributed by atoms with Crippen molar-refractivity contribution in [2.24, 2.45) is 11.8 Å². The Bertz CT molecular complexity index is 1130. The van der Waals surface area contributed by atoms with Gasteiger partial charge in [0.15, 0.2) is 0 Å². The number of likely N-dealkylation sites (tertiary alicyclic amines) is 1. The predicted octanol–water partition coefficient (Wildman–Crippen LogP) is 1.48. The lowest BCUT2D eigenvalue weighted by Crippen LogP contribution is -2.63. The lowest BCUT2D eigenvalue weighted by atomic mass is 9.79. The Kier molecular flexibility index (Phi) is 6.95. The summed E-state index contributed by atoms with van der Waals surface area (Å²) < 4.78 is 0. The van der Waals surface area contributed by atoms with Gasteiger partial charge in [-0.25, -0.2) is 4.79 Å². The third kappa shape index (κ3) is 4.33. The number of hydrogen-bond acceptors (Lipinski definition) is 7. The number of rotatable bonds is 7. The van der Waals surface area contributed by atoms with Gasteiger partial charge in [-0.1, -0.05) is 25.1 Å². The first-order chi connectivity index (χ1) is 16.6. The second-order valence-corrected chi connectivity index (χ2v) is 11.0. The number of carboxylic acid groups (broad SMARTS) is 1. The van der Waals surface area contributed by atoms with E-state index in [4.69, 9.17) is 0 Å².